The fraction of sp³-hybridized carbons (Fsp3) is 0.208. The Bertz CT molecular complexity index is 1330. The molecule has 7 heteroatoms. The second-order valence-corrected chi connectivity index (χ2v) is 7.34. The van der Waals surface area contributed by atoms with Crippen LogP contribution in [0.4, 0.5) is 4.39 Å². The van der Waals surface area contributed by atoms with E-state index in [9.17, 15) is 9.18 Å². The van der Waals surface area contributed by atoms with Crippen LogP contribution in [0.25, 0.3) is 22.0 Å². The van der Waals surface area contributed by atoms with Crippen molar-refractivity contribution in [1.29, 1.82) is 0 Å². The molecule has 0 saturated heterocycles. The van der Waals surface area contributed by atoms with Gasteiger partial charge in [0.05, 0.1) is 31.7 Å². The molecule has 0 saturated carbocycles. The van der Waals surface area contributed by atoms with Gasteiger partial charge >= 0.3 is 0 Å². The smallest absolute Gasteiger partial charge is 0.275 e. The summed E-state index contributed by atoms with van der Waals surface area (Å²) in [7, 11) is 3.00. The van der Waals surface area contributed by atoms with Crippen LogP contribution in [-0.2, 0) is 6.54 Å². The number of rotatable bonds is 5. The van der Waals surface area contributed by atoms with Gasteiger partial charge in [0.2, 0.25) is 5.95 Å². The van der Waals surface area contributed by atoms with Crippen molar-refractivity contribution in [2.24, 2.45) is 0 Å². The van der Waals surface area contributed by atoms with E-state index in [0.29, 0.717) is 33.7 Å². The number of benzene rings is 2. The lowest BCUT2D eigenvalue weighted by atomic mass is 10.0. The normalized spacial score (nSPS) is 11.0. The van der Waals surface area contributed by atoms with E-state index in [1.807, 2.05) is 31.2 Å². The van der Waals surface area contributed by atoms with Crippen molar-refractivity contribution in [1.82, 2.24) is 14.8 Å². The van der Waals surface area contributed by atoms with Crippen LogP contribution >= 0.6 is 0 Å². The quantitative estimate of drug-likeness (QED) is 0.452. The van der Waals surface area contributed by atoms with Crippen molar-refractivity contribution < 1.29 is 13.9 Å². The number of aryl methyl sites for hydroxylation is 2. The van der Waals surface area contributed by atoms with E-state index < -0.39 is 5.95 Å². The average Bonchev–Trinajstić information content (AvgIpc) is 2.76. The fourth-order valence-electron chi connectivity index (χ4n) is 3.49. The Balaban J connectivity index is 2.01. The minimum Gasteiger partial charge on any atom is -0.493 e. The summed E-state index contributed by atoms with van der Waals surface area (Å²) in [6, 6.07) is 14.4. The molecule has 2 aromatic heterocycles. The second kappa shape index (κ2) is 8.18. The third-order valence-corrected chi connectivity index (χ3v) is 5.16. The maximum absolute atomic E-state index is 14.8. The molecule has 0 radical (unpaired) electrons. The highest BCUT2D eigenvalue weighted by Crippen LogP contribution is 2.35. The minimum atomic E-state index is -0.649. The Kier molecular flexibility index (Phi) is 5.42. The number of hydrogen-bond acceptors (Lipinski definition) is 5. The molecule has 0 N–H and O–H groups in total. The summed E-state index contributed by atoms with van der Waals surface area (Å²) in [6.07, 6.45) is 0. The second-order valence-electron chi connectivity index (χ2n) is 7.34. The van der Waals surface area contributed by atoms with Gasteiger partial charge in [0.1, 0.15) is 5.69 Å². The van der Waals surface area contributed by atoms with Crippen LogP contribution in [0.2, 0.25) is 0 Å². The average molecular weight is 419 g/mol. The molecule has 6 nitrogen and oxygen atoms in total. The largest absolute Gasteiger partial charge is 0.493 e. The molecule has 0 fully saturated rings. The van der Waals surface area contributed by atoms with Gasteiger partial charge in [-0.2, -0.15) is 9.49 Å². The molecule has 4 aromatic rings. The summed E-state index contributed by atoms with van der Waals surface area (Å²) in [5.41, 5.74) is 2.80. The van der Waals surface area contributed by atoms with E-state index in [1.54, 1.807) is 31.2 Å². The molecule has 0 aliphatic carbocycles. The Labute approximate surface area is 178 Å². The van der Waals surface area contributed by atoms with Crippen molar-refractivity contribution in [3.63, 3.8) is 0 Å². The third kappa shape index (κ3) is 3.86. The lowest BCUT2D eigenvalue weighted by Gasteiger charge is -2.15. The molecule has 0 bridgehead atoms. The predicted octanol–water partition coefficient (Wildman–Crippen LogP) is 4.28. The first-order valence-electron chi connectivity index (χ1n) is 9.77. The number of aromatic nitrogens is 3. The van der Waals surface area contributed by atoms with Crippen molar-refractivity contribution in [2.75, 3.05) is 14.2 Å². The zero-order valence-corrected chi connectivity index (χ0v) is 17.8. The van der Waals surface area contributed by atoms with Crippen LogP contribution in [-0.4, -0.2) is 29.0 Å². The van der Waals surface area contributed by atoms with Gasteiger partial charge in [0.25, 0.3) is 5.56 Å². The lowest BCUT2D eigenvalue weighted by molar-refractivity contribution is 0.356. The maximum atomic E-state index is 14.8. The molecule has 2 heterocycles. The molecule has 0 amide bonds. The standard InChI is InChI=1S/C24H22FN3O3/c1-14-5-8-16(9-6-14)13-28-24(29)19-12-21(31-4)20(30-3)11-18(19)22(27-28)17-10-7-15(2)26-23(17)25/h5-12H,13H2,1-4H3. The summed E-state index contributed by atoms with van der Waals surface area (Å²) < 4.78 is 26.9. The topological polar surface area (TPSA) is 66.2 Å². The first-order chi connectivity index (χ1) is 14.9. The zero-order valence-electron chi connectivity index (χ0n) is 17.8. The van der Waals surface area contributed by atoms with Gasteiger partial charge in [0.15, 0.2) is 11.5 Å². The van der Waals surface area contributed by atoms with E-state index in [0.717, 1.165) is 11.1 Å². The number of methoxy groups -OCH3 is 2. The molecule has 158 valence electrons. The summed E-state index contributed by atoms with van der Waals surface area (Å²) in [4.78, 5) is 17.2. The molecular weight excluding hydrogens is 397 g/mol. The van der Waals surface area contributed by atoms with Gasteiger partial charge in [-0.25, -0.2) is 9.67 Å². The van der Waals surface area contributed by atoms with Gasteiger partial charge in [-0.1, -0.05) is 29.8 Å². The number of nitrogens with zero attached hydrogens (tertiary/aromatic N) is 3. The van der Waals surface area contributed by atoms with Gasteiger partial charge < -0.3 is 9.47 Å². The van der Waals surface area contributed by atoms with Crippen molar-refractivity contribution >= 4 is 10.8 Å². The highest BCUT2D eigenvalue weighted by molar-refractivity contribution is 5.96. The lowest BCUT2D eigenvalue weighted by Crippen LogP contribution is -2.24. The molecule has 0 unspecified atom stereocenters. The maximum Gasteiger partial charge on any atom is 0.275 e. The van der Waals surface area contributed by atoms with E-state index >= 15 is 0 Å². The Hall–Kier alpha value is -3.74. The molecule has 31 heavy (non-hydrogen) atoms. The zero-order chi connectivity index (χ0) is 22.1. The molecule has 0 atom stereocenters. The van der Waals surface area contributed by atoms with Gasteiger partial charge in [-0.15, -0.1) is 0 Å². The minimum absolute atomic E-state index is 0.209. The van der Waals surface area contributed by atoms with Crippen LogP contribution in [0.5, 0.6) is 11.5 Å². The predicted molar refractivity (Wildman–Crippen MR) is 117 cm³/mol. The number of pyridine rings is 1. The molecule has 0 aliphatic heterocycles. The first-order valence-corrected chi connectivity index (χ1v) is 9.77. The number of ether oxygens (including phenoxy) is 2. The molecule has 0 aliphatic rings. The van der Waals surface area contributed by atoms with Crippen LogP contribution in [0.1, 0.15) is 16.8 Å². The summed E-state index contributed by atoms with van der Waals surface area (Å²) >= 11 is 0. The Morgan fingerprint density at radius 2 is 1.58 bits per heavy atom. The third-order valence-electron chi connectivity index (χ3n) is 5.16. The fourth-order valence-corrected chi connectivity index (χ4v) is 3.49. The van der Waals surface area contributed by atoms with Crippen LogP contribution in [0, 0.1) is 19.8 Å². The van der Waals surface area contributed by atoms with Crippen molar-refractivity contribution in [3.8, 4) is 22.8 Å². The van der Waals surface area contributed by atoms with E-state index in [2.05, 4.69) is 10.1 Å². The monoisotopic (exact) mass is 419 g/mol. The van der Waals surface area contributed by atoms with E-state index in [4.69, 9.17) is 9.47 Å². The van der Waals surface area contributed by atoms with Crippen LogP contribution < -0.4 is 15.0 Å². The molecule has 2 aromatic carbocycles. The van der Waals surface area contributed by atoms with Crippen molar-refractivity contribution in [2.45, 2.75) is 20.4 Å². The Morgan fingerprint density at radius 3 is 2.19 bits per heavy atom. The molecule has 4 rings (SSSR count). The molecular formula is C24H22FN3O3. The van der Waals surface area contributed by atoms with Gasteiger partial charge in [-0.05, 0) is 43.7 Å². The highest BCUT2D eigenvalue weighted by Gasteiger charge is 2.19. The van der Waals surface area contributed by atoms with Crippen LogP contribution in [0.3, 0.4) is 0 Å². The Morgan fingerprint density at radius 1 is 0.935 bits per heavy atom. The van der Waals surface area contributed by atoms with Crippen LogP contribution in [0.15, 0.2) is 53.3 Å². The van der Waals surface area contributed by atoms with E-state index in [1.165, 1.54) is 18.9 Å². The summed E-state index contributed by atoms with van der Waals surface area (Å²) in [5.74, 6) is 0.187. The summed E-state index contributed by atoms with van der Waals surface area (Å²) in [6.45, 7) is 3.96. The highest BCUT2D eigenvalue weighted by atomic mass is 19.1. The van der Waals surface area contributed by atoms with E-state index in [-0.39, 0.29) is 17.7 Å². The van der Waals surface area contributed by atoms with Gasteiger partial charge in [0, 0.05) is 11.1 Å². The van der Waals surface area contributed by atoms with Crippen molar-refractivity contribution in [3.05, 3.63) is 81.7 Å². The molecule has 0 spiro atoms. The SMILES string of the molecule is COc1cc2c(-c3ccc(C)nc3F)nn(Cc3ccc(C)cc3)c(=O)c2cc1OC. The number of hydrogen-bond donors (Lipinski definition) is 0. The van der Waals surface area contributed by atoms with Gasteiger partial charge in [-0.3, -0.25) is 4.79 Å². The number of halogens is 1. The summed E-state index contributed by atoms with van der Waals surface area (Å²) in [5, 5.41) is 5.36. The number of fused-ring (bicyclic) bond motifs is 1. The first kappa shape index (κ1) is 20.5.